The summed E-state index contributed by atoms with van der Waals surface area (Å²) < 4.78 is 60.7. The number of nitrogens with two attached hydrogens (primary N) is 5. The highest BCUT2D eigenvalue weighted by molar-refractivity contribution is 5.18. The van der Waals surface area contributed by atoms with Crippen LogP contribution >= 0.6 is 0 Å². The van der Waals surface area contributed by atoms with Gasteiger partial charge >= 0.3 is 0 Å². The van der Waals surface area contributed by atoms with Gasteiger partial charge in [0.25, 0.3) is 0 Å². The topological polar surface area (TPSA) is 325 Å². The predicted octanol–water partition coefficient (Wildman–Crippen LogP) is -5.96. The molecule has 0 amide bonds. The molecule has 5 fully saturated rings. The van der Waals surface area contributed by atoms with E-state index in [2.05, 4.69) is 0 Å². The van der Waals surface area contributed by atoms with Crippen molar-refractivity contribution >= 4 is 0 Å². The molecule has 0 spiro atoms. The van der Waals surface area contributed by atoms with Gasteiger partial charge in [-0.05, 0) is 18.6 Å². The van der Waals surface area contributed by atoms with Crippen LogP contribution in [0.4, 0.5) is 4.39 Å². The maximum Gasteiger partial charge on any atom is 0.187 e. The standard InChI is InChI=1S/C30H48FN5O14/c31-10-3-1-9(2-4-10)27-43-8-15-25(48-27)21(41)17(36)29(46-15)47-23-12(34)5-11(33)18(38)26(23)50-30-22(42)24(14(7-37)45-30)49-28-16(35)20(40)19(39)13(6-32)44-28/h1-4,11-30,37-42H,5-8,32-36H2/t11-,12+,13+,14+,15+,16-,17+,18+,19-,20-,21+,22+,23-,24+,25+,26-,27+,28-,29+,30-/m0/s1. The molecule has 0 aromatic heterocycles. The fourth-order valence-corrected chi connectivity index (χ4v) is 7.00. The van der Waals surface area contributed by atoms with Crippen LogP contribution < -0.4 is 28.7 Å². The van der Waals surface area contributed by atoms with Gasteiger partial charge < -0.3 is 97.2 Å². The van der Waals surface area contributed by atoms with Gasteiger partial charge in [0.15, 0.2) is 25.2 Å². The van der Waals surface area contributed by atoms with Crippen molar-refractivity contribution in [1.82, 2.24) is 0 Å². The fraction of sp³-hybridized carbons (Fsp3) is 0.800. The molecule has 4 heterocycles. The predicted molar refractivity (Wildman–Crippen MR) is 163 cm³/mol. The largest absolute Gasteiger partial charge is 0.394 e. The zero-order chi connectivity index (χ0) is 36.0. The normalized spacial score (nSPS) is 49.8. The minimum atomic E-state index is -1.62. The lowest BCUT2D eigenvalue weighted by molar-refractivity contribution is -0.356. The van der Waals surface area contributed by atoms with Gasteiger partial charge in [0.1, 0.15) is 73.0 Å². The molecule has 16 N–H and O–H groups in total. The Kier molecular flexibility index (Phi) is 12.0. The number of aliphatic hydroxyl groups excluding tert-OH is 6. The number of rotatable bonds is 9. The first-order valence-electron chi connectivity index (χ1n) is 16.5. The molecule has 1 saturated carbocycles. The summed E-state index contributed by atoms with van der Waals surface area (Å²) in [5.74, 6) is -0.433. The Morgan fingerprint density at radius 1 is 0.680 bits per heavy atom. The molecule has 1 aromatic rings. The van der Waals surface area contributed by atoms with Gasteiger partial charge in [-0.1, -0.05) is 12.1 Å². The highest BCUT2D eigenvalue weighted by atomic mass is 19.1. The lowest BCUT2D eigenvalue weighted by Crippen LogP contribution is -2.69. The van der Waals surface area contributed by atoms with Crippen LogP contribution in [0.3, 0.4) is 0 Å². The molecule has 4 saturated heterocycles. The molecule has 20 heteroatoms. The lowest BCUT2D eigenvalue weighted by Gasteiger charge is -2.49. The summed E-state index contributed by atoms with van der Waals surface area (Å²) >= 11 is 0. The second-order valence-electron chi connectivity index (χ2n) is 13.3. The Morgan fingerprint density at radius 3 is 1.98 bits per heavy atom. The first kappa shape index (κ1) is 38.1. The summed E-state index contributed by atoms with van der Waals surface area (Å²) in [7, 11) is 0. The number of hydrogen-bond acceptors (Lipinski definition) is 19. The second-order valence-corrected chi connectivity index (χ2v) is 13.3. The van der Waals surface area contributed by atoms with Gasteiger partial charge in [0, 0.05) is 24.2 Å². The molecule has 19 nitrogen and oxygen atoms in total. The summed E-state index contributed by atoms with van der Waals surface area (Å²) in [5.41, 5.74) is 31.2. The van der Waals surface area contributed by atoms with Crippen molar-refractivity contribution in [3.63, 3.8) is 0 Å². The van der Waals surface area contributed by atoms with Crippen LogP contribution in [-0.4, -0.2) is 167 Å². The maximum absolute atomic E-state index is 13.4. The highest BCUT2D eigenvalue weighted by Gasteiger charge is 2.55. The van der Waals surface area contributed by atoms with E-state index in [1.165, 1.54) is 24.3 Å². The highest BCUT2D eigenvalue weighted by Crippen LogP contribution is 2.37. The van der Waals surface area contributed by atoms with Crippen molar-refractivity contribution in [3.8, 4) is 0 Å². The molecular weight excluding hydrogens is 673 g/mol. The molecule has 1 aromatic carbocycles. The Balaban J connectivity index is 1.13. The van der Waals surface area contributed by atoms with E-state index in [0.29, 0.717) is 5.56 Å². The van der Waals surface area contributed by atoms with Crippen LogP contribution in [0.1, 0.15) is 18.3 Å². The van der Waals surface area contributed by atoms with Crippen molar-refractivity contribution in [3.05, 3.63) is 35.6 Å². The SMILES string of the molecule is NC[C@H]1O[C@@H](O[C@H]2[C@@H](O)[C@H](O[C@H]3[C@H](O)[C@@H](N)C[C@@H](N)[C@@H]3O[C@H]3O[C@@H]4CO[C@@H](c5ccc(F)cc5)O[C@H]4[C@H](O)[C@H]3N)O[C@@H]2CO)[C@@H](N)[C@H](O)[C@H]1O. The average molecular weight is 722 g/mol. The van der Waals surface area contributed by atoms with Crippen molar-refractivity contribution in [1.29, 1.82) is 0 Å². The Hall–Kier alpha value is -1.61. The van der Waals surface area contributed by atoms with Gasteiger partial charge in [-0.3, -0.25) is 0 Å². The van der Waals surface area contributed by atoms with E-state index in [1.54, 1.807) is 0 Å². The molecule has 6 rings (SSSR count). The molecule has 0 unspecified atom stereocenters. The number of hydrogen-bond donors (Lipinski definition) is 11. The van der Waals surface area contributed by atoms with Crippen LogP contribution in [-0.2, 0) is 37.9 Å². The molecule has 0 radical (unpaired) electrons. The van der Waals surface area contributed by atoms with Crippen molar-refractivity contribution in [2.75, 3.05) is 19.8 Å². The van der Waals surface area contributed by atoms with E-state index in [-0.39, 0.29) is 19.6 Å². The molecule has 284 valence electrons. The third kappa shape index (κ3) is 7.43. The van der Waals surface area contributed by atoms with Gasteiger partial charge in [-0.2, -0.15) is 0 Å². The van der Waals surface area contributed by atoms with E-state index in [9.17, 15) is 35.0 Å². The smallest absolute Gasteiger partial charge is 0.187 e. The number of fused-ring (bicyclic) bond motifs is 1. The zero-order valence-electron chi connectivity index (χ0n) is 26.9. The monoisotopic (exact) mass is 721 g/mol. The summed E-state index contributed by atoms with van der Waals surface area (Å²) in [5, 5.41) is 64.2. The molecule has 50 heavy (non-hydrogen) atoms. The van der Waals surface area contributed by atoms with E-state index in [1.807, 2.05) is 0 Å². The third-order valence-corrected chi connectivity index (χ3v) is 9.95. The summed E-state index contributed by atoms with van der Waals surface area (Å²) in [6, 6.07) is 1.32. The Labute approximate surface area is 286 Å². The molecule has 4 aliphatic heterocycles. The Bertz CT molecular complexity index is 1260. The van der Waals surface area contributed by atoms with E-state index < -0.39 is 135 Å². The summed E-state index contributed by atoms with van der Waals surface area (Å²) in [6.45, 7) is -0.865. The van der Waals surface area contributed by atoms with Crippen molar-refractivity contribution < 1.29 is 72.9 Å². The van der Waals surface area contributed by atoms with E-state index >= 15 is 0 Å². The maximum atomic E-state index is 13.4. The number of aliphatic hydroxyl groups is 6. The lowest BCUT2D eigenvalue weighted by atomic mass is 9.84. The van der Waals surface area contributed by atoms with Gasteiger partial charge in [-0.25, -0.2) is 4.39 Å². The average Bonchev–Trinajstić information content (AvgIpc) is 3.40. The third-order valence-electron chi connectivity index (χ3n) is 9.95. The number of benzene rings is 1. The number of ether oxygens (including phenoxy) is 8. The van der Waals surface area contributed by atoms with Gasteiger partial charge in [-0.15, -0.1) is 0 Å². The van der Waals surface area contributed by atoms with Crippen molar-refractivity contribution in [2.45, 2.75) is 129 Å². The van der Waals surface area contributed by atoms with Gasteiger partial charge in [0.05, 0.1) is 31.4 Å². The van der Waals surface area contributed by atoms with Crippen LogP contribution in [0.15, 0.2) is 24.3 Å². The summed E-state index contributed by atoms with van der Waals surface area (Å²) in [6.07, 6.45) is -20.1. The Morgan fingerprint density at radius 2 is 1.30 bits per heavy atom. The van der Waals surface area contributed by atoms with Crippen LogP contribution in [0.5, 0.6) is 0 Å². The zero-order valence-corrected chi connectivity index (χ0v) is 26.9. The minimum Gasteiger partial charge on any atom is -0.394 e. The first-order chi connectivity index (χ1) is 23.8. The molecule has 1 aliphatic carbocycles. The van der Waals surface area contributed by atoms with Gasteiger partial charge in [0.2, 0.25) is 0 Å². The second kappa shape index (κ2) is 15.8. The molecule has 0 bridgehead atoms. The summed E-state index contributed by atoms with van der Waals surface area (Å²) in [4.78, 5) is 0. The van der Waals surface area contributed by atoms with Crippen LogP contribution in [0.2, 0.25) is 0 Å². The van der Waals surface area contributed by atoms with E-state index in [4.69, 9.17) is 66.6 Å². The first-order valence-corrected chi connectivity index (χ1v) is 16.5. The van der Waals surface area contributed by atoms with Crippen molar-refractivity contribution in [2.24, 2.45) is 28.7 Å². The van der Waals surface area contributed by atoms with E-state index in [0.717, 1.165) is 0 Å². The van der Waals surface area contributed by atoms with Crippen LogP contribution in [0, 0.1) is 5.82 Å². The molecule has 5 aliphatic rings. The number of halogens is 1. The van der Waals surface area contributed by atoms with Crippen LogP contribution in [0.25, 0.3) is 0 Å². The quantitative estimate of drug-likeness (QED) is 0.113. The molecule has 20 atom stereocenters. The molecular formula is C30H48FN5O14. The minimum absolute atomic E-state index is 0.0388. The fourth-order valence-electron chi connectivity index (χ4n) is 7.00.